The number of benzene rings is 1. The molecule has 1 aliphatic heterocycles. The molecule has 3 N–H and O–H groups in total. The third-order valence-corrected chi connectivity index (χ3v) is 5.39. The minimum atomic E-state index is -1.04. The fourth-order valence-corrected chi connectivity index (χ4v) is 3.59. The van der Waals surface area contributed by atoms with Crippen LogP contribution in [0.25, 0.3) is 11.3 Å². The summed E-state index contributed by atoms with van der Waals surface area (Å²) in [4.78, 5) is 28.2. The Balaban J connectivity index is 1.87. The summed E-state index contributed by atoms with van der Waals surface area (Å²) in [7, 11) is 1.57. The number of rotatable bonds is 4. The topological polar surface area (TPSA) is 112 Å². The smallest absolute Gasteiger partial charge is 0.246 e. The molecular formula is C19H15F2N7OS. The number of carbonyl (C=O) groups is 1. The van der Waals surface area contributed by atoms with Gasteiger partial charge >= 0.3 is 0 Å². The normalized spacial score (nSPS) is 14.4. The average molecular weight is 427 g/mol. The number of likely N-dealkylation sites (N-methyl/N-ethyl adjacent to an activating group) is 1. The fourth-order valence-electron chi connectivity index (χ4n) is 2.98. The highest BCUT2D eigenvalue weighted by Crippen LogP contribution is 2.36. The van der Waals surface area contributed by atoms with Crippen molar-refractivity contribution in [2.45, 2.75) is 0 Å². The maximum Gasteiger partial charge on any atom is 0.246 e. The molecule has 152 valence electrons. The van der Waals surface area contributed by atoms with Crippen molar-refractivity contribution in [3.8, 4) is 0 Å². The van der Waals surface area contributed by atoms with E-state index in [-0.39, 0.29) is 35.2 Å². The van der Waals surface area contributed by atoms with Gasteiger partial charge in [0, 0.05) is 36.6 Å². The Kier molecular flexibility index (Phi) is 4.96. The van der Waals surface area contributed by atoms with E-state index in [0.29, 0.717) is 16.5 Å². The highest BCUT2D eigenvalue weighted by molar-refractivity contribution is 7.10. The number of nitrogens with two attached hydrogens (primary N) is 1. The maximum absolute atomic E-state index is 13.8. The SMILES string of the molecule is CN1C(=O)CN(c2ccc(F)c(F)c2)c2nc(/C(C=N)=C(/N)c3nccs3)ncc21. The van der Waals surface area contributed by atoms with E-state index in [4.69, 9.17) is 11.1 Å². The summed E-state index contributed by atoms with van der Waals surface area (Å²) in [5.41, 5.74) is 7.29. The summed E-state index contributed by atoms with van der Waals surface area (Å²) < 4.78 is 27.2. The van der Waals surface area contributed by atoms with Crippen LogP contribution in [-0.4, -0.2) is 40.7 Å². The number of hydrogen-bond acceptors (Lipinski definition) is 8. The van der Waals surface area contributed by atoms with Crippen LogP contribution >= 0.6 is 11.3 Å². The monoisotopic (exact) mass is 427 g/mol. The number of nitrogens with zero attached hydrogens (tertiary/aromatic N) is 5. The lowest BCUT2D eigenvalue weighted by molar-refractivity contribution is -0.117. The van der Waals surface area contributed by atoms with E-state index in [1.54, 1.807) is 18.6 Å². The first-order chi connectivity index (χ1) is 14.4. The highest BCUT2D eigenvalue weighted by atomic mass is 32.1. The van der Waals surface area contributed by atoms with E-state index in [1.165, 1.54) is 33.4 Å². The van der Waals surface area contributed by atoms with Crippen molar-refractivity contribution in [2.24, 2.45) is 5.73 Å². The molecule has 1 aliphatic rings. The number of aromatic nitrogens is 3. The molecule has 3 heterocycles. The predicted octanol–water partition coefficient (Wildman–Crippen LogP) is 2.80. The second kappa shape index (κ2) is 7.59. The van der Waals surface area contributed by atoms with Crippen LogP contribution in [0.1, 0.15) is 10.8 Å². The largest absolute Gasteiger partial charge is 0.396 e. The number of hydrogen-bond donors (Lipinski definition) is 2. The third-order valence-electron chi connectivity index (χ3n) is 4.59. The molecule has 0 spiro atoms. The lowest BCUT2D eigenvalue weighted by Gasteiger charge is -2.34. The quantitative estimate of drug-likeness (QED) is 0.619. The van der Waals surface area contributed by atoms with E-state index >= 15 is 0 Å². The van der Waals surface area contributed by atoms with Crippen LogP contribution in [-0.2, 0) is 4.79 Å². The van der Waals surface area contributed by atoms with Gasteiger partial charge in [0.15, 0.2) is 23.3 Å². The molecule has 0 saturated heterocycles. The van der Waals surface area contributed by atoms with Gasteiger partial charge in [0.1, 0.15) is 17.2 Å². The van der Waals surface area contributed by atoms with Gasteiger partial charge < -0.3 is 20.9 Å². The molecule has 4 rings (SSSR count). The zero-order valence-corrected chi connectivity index (χ0v) is 16.5. The maximum atomic E-state index is 13.8. The van der Waals surface area contributed by atoms with Gasteiger partial charge in [-0.15, -0.1) is 11.3 Å². The first-order valence-corrected chi connectivity index (χ1v) is 9.55. The van der Waals surface area contributed by atoms with E-state index in [0.717, 1.165) is 18.3 Å². The lowest BCUT2D eigenvalue weighted by atomic mass is 10.2. The van der Waals surface area contributed by atoms with Crippen molar-refractivity contribution in [1.82, 2.24) is 15.0 Å². The summed E-state index contributed by atoms with van der Waals surface area (Å²) in [6.07, 6.45) is 4.05. The molecule has 1 amide bonds. The summed E-state index contributed by atoms with van der Waals surface area (Å²) in [5.74, 6) is -1.85. The van der Waals surface area contributed by atoms with Crippen molar-refractivity contribution in [2.75, 3.05) is 23.4 Å². The van der Waals surface area contributed by atoms with Crippen molar-refractivity contribution in [1.29, 1.82) is 5.41 Å². The lowest BCUT2D eigenvalue weighted by Crippen LogP contribution is -2.42. The summed E-state index contributed by atoms with van der Waals surface area (Å²) in [6, 6.07) is 3.34. The molecule has 8 nitrogen and oxygen atoms in total. The number of thiazole rings is 1. The molecular weight excluding hydrogens is 412 g/mol. The van der Waals surface area contributed by atoms with Gasteiger partial charge in [0.05, 0.1) is 17.5 Å². The van der Waals surface area contributed by atoms with Gasteiger partial charge in [0.2, 0.25) is 5.91 Å². The van der Waals surface area contributed by atoms with Crippen LogP contribution in [0.5, 0.6) is 0 Å². The van der Waals surface area contributed by atoms with Crippen molar-refractivity contribution in [3.05, 3.63) is 58.4 Å². The van der Waals surface area contributed by atoms with Crippen LogP contribution in [0.3, 0.4) is 0 Å². The Bertz CT molecular complexity index is 1180. The molecule has 0 bridgehead atoms. The van der Waals surface area contributed by atoms with E-state index in [2.05, 4.69) is 15.0 Å². The standard InChI is InChI=1S/C19H15F2N7OS/c1-27-14-8-25-17(11(7-22)16(23)19-24-4-5-30-19)26-18(14)28(9-15(27)29)10-2-3-12(20)13(21)6-10/h2-8,22H,9,23H2,1H3/b16-11+,22-7?. The third kappa shape index (κ3) is 3.28. The van der Waals surface area contributed by atoms with Gasteiger partial charge in [-0.05, 0) is 12.1 Å². The Morgan fingerprint density at radius 1 is 1.30 bits per heavy atom. The number of fused-ring (bicyclic) bond motifs is 1. The Morgan fingerprint density at radius 2 is 2.10 bits per heavy atom. The van der Waals surface area contributed by atoms with Crippen LogP contribution < -0.4 is 15.5 Å². The number of carbonyl (C=O) groups excluding carboxylic acids is 1. The van der Waals surface area contributed by atoms with Crippen molar-refractivity contribution < 1.29 is 13.6 Å². The number of anilines is 3. The molecule has 0 fully saturated rings. The van der Waals surface area contributed by atoms with E-state index < -0.39 is 11.6 Å². The van der Waals surface area contributed by atoms with Gasteiger partial charge in [-0.2, -0.15) is 0 Å². The zero-order valence-electron chi connectivity index (χ0n) is 15.6. The second-order valence-electron chi connectivity index (χ2n) is 6.35. The first-order valence-electron chi connectivity index (χ1n) is 8.67. The van der Waals surface area contributed by atoms with Gasteiger partial charge in [-0.3, -0.25) is 4.79 Å². The van der Waals surface area contributed by atoms with Crippen LogP contribution in [0, 0.1) is 17.0 Å². The first kappa shape index (κ1) is 19.6. The van der Waals surface area contributed by atoms with Crippen LogP contribution in [0.4, 0.5) is 26.0 Å². The molecule has 3 aromatic rings. The van der Waals surface area contributed by atoms with Crippen molar-refractivity contribution >= 4 is 51.9 Å². The van der Waals surface area contributed by atoms with E-state index in [9.17, 15) is 13.6 Å². The molecule has 30 heavy (non-hydrogen) atoms. The number of halogens is 2. The minimum absolute atomic E-state index is 0.128. The van der Waals surface area contributed by atoms with E-state index in [1.807, 2.05) is 0 Å². The van der Waals surface area contributed by atoms with Crippen molar-refractivity contribution in [3.63, 3.8) is 0 Å². The number of allylic oxidation sites excluding steroid dienone is 1. The minimum Gasteiger partial charge on any atom is -0.396 e. The molecule has 0 radical (unpaired) electrons. The second-order valence-corrected chi connectivity index (χ2v) is 7.24. The molecule has 0 atom stereocenters. The molecule has 11 heteroatoms. The Hall–Kier alpha value is -3.73. The fraction of sp³-hybridized carbons (Fsp3) is 0.105. The average Bonchev–Trinajstić information content (AvgIpc) is 3.28. The molecule has 0 unspecified atom stereocenters. The Morgan fingerprint density at radius 3 is 2.77 bits per heavy atom. The van der Waals surface area contributed by atoms with Crippen LogP contribution in [0.15, 0.2) is 36.0 Å². The molecule has 0 saturated carbocycles. The molecule has 1 aromatic carbocycles. The Labute approximate surface area is 173 Å². The van der Waals surface area contributed by atoms with Gasteiger partial charge in [-0.1, -0.05) is 0 Å². The van der Waals surface area contributed by atoms with Gasteiger partial charge in [0.25, 0.3) is 0 Å². The summed E-state index contributed by atoms with van der Waals surface area (Å²) >= 11 is 1.31. The summed E-state index contributed by atoms with van der Waals surface area (Å²) in [6.45, 7) is -0.128. The summed E-state index contributed by atoms with van der Waals surface area (Å²) in [5, 5.41) is 10.0. The zero-order chi connectivity index (χ0) is 21.4. The number of amides is 1. The predicted molar refractivity (Wildman–Crippen MR) is 111 cm³/mol. The highest BCUT2D eigenvalue weighted by Gasteiger charge is 2.31. The number of nitrogens with one attached hydrogen (secondary N) is 1. The molecule has 2 aromatic heterocycles. The molecule has 0 aliphatic carbocycles. The van der Waals surface area contributed by atoms with Crippen LogP contribution in [0.2, 0.25) is 0 Å². The van der Waals surface area contributed by atoms with Gasteiger partial charge in [-0.25, -0.2) is 23.7 Å².